The molecule has 29 heavy (non-hydrogen) atoms. The van der Waals surface area contributed by atoms with Gasteiger partial charge in [-0.1, -0.05) is 75.4 Å². The minimum atomic E-state index is -0.479. The van der Waals surface area contributed by atoms with Crippen molar-refractivity contribution in [3.63, 3.8) is 0 Å². The highest BCUT2D eigenvalue weighted by Gasteiger charge is 2.22. The smallest absolute Gasteiger partial charge is 0.303 e. The van der Waals surface area contributed by atoms with E-state index < -0.39 is 6.10 Å². The van der Waals surface area contributed by atoms with Crippen molar-refractivity contribution in [1.29, 1.82) is 0 Å². The molecule has 3 heteroatoms. The molecule has 0 saturated heterocycles. The maximum atomic E-state index is 11.9. The number of nitrogens with zero attached hydrogens (tertiary/aromatic N) is 1. The second-order valence-electron chi connectivity index (χ2n) is 8.46. The van der Waals surface area contributed by atoms with Crippen LogP contribution in [0.3, 0.4) is 0 Å². The Morgan fingerprint density at radius 3 is 2.28 bits per heavy atom. The van der Waals surface area contributed by atoms with Gasteiger partial charge in [-0.05, 0) is 34.7 Å². The fourth-order valence-corrected chi connectivity index (χ4v) is 3.69. The van der Waals surface area contributed by atoms with Gasteiger partial charge >= 0.3 is 5.97 Å². The molecule has 3 aromatic carbocycles. The normalized spacial score (nSPS) is 12.8. The summed E-state index contributed by atoms with van der Waals surface area (Å²) in [4.78, 5) is 16.7. The van der Waals surface area contributed by atoms with Crippen molar-refractivity contribution in [1.82, 2.24) is 4.98 Å². The van der Waals surface area contributed by atoms with Crippen LogP contribution in [0.4, 0.5) is 0 Å². The lowest BCUT2D eigenvalue weighted by molar-refractivity contribution is -0.144. The Balaban J connectivity index is 1.88. The molecule has 0 saturated carbocycles. The van der Waals surface area contributed by atoms with Crippen LogP contribution in [0.15, 0.2) is 72.8 Å². The second kappa shape index (κ2) is 7.32. The Labute approximate surface area is 171 Å². The Bertz CT molecular complexity index is 1190. The van der Waals surface area contributed by atoms with E-state index in [4.69, 9.17) is 9.72 Å². The van der Waals surface area contributed by atoms with Gasteiger partial charge in [0.25, 0.3) is 0 Å². The molecule has 0 bridgehead atoms. The van der Waals surface area contributed by atoms with Crippen molar-refractivity contribution < 1.29 is 9.53 Å². The molecule has 3 nitrogen and oxygen atoms in total. The number of pyridine rings is 1. The summed E-state index contributed by atoms with van der Waals surface area (Å²) in [5.41, 5.74) is 5.06. The van der Waals surface area contributed by atoms with Crippen molar-refractivity contribution in [2.45, 2.75) is 39.2 Å². The van der Waals surface area contributed by atoms with Gasteiger partial charge in [0.15, 0.2) is 6.10 Å². The first-order valence-corrected chi connectivity index (χ1v) is 9.89. The van der Waals surface area contributed by atoms with Gasteiger partial charge < -0.3 is 4.74 Å². The van der Waals surface area contributed by atoms with Crippen molar-refractivity contribution in [3.05, 3.63) is 89.5 Å². The van der Waals surface area contributed by atoms with Crippen LogP contribution in [0.25, 0.3) is 21.8 Å². The topological polar surface area (TPSA) is 39.2 Å². The molecule has 146 valence electrons. The van der Waals surface area contributed by atoms with Crippen LogP contribution in [0.2, 0.25) is 0 Å². The number of carbonyl (C=O) groups excluding carboxylic acids is 1. The highest BCUT2D eigenvalue weighted by atomic mass is 16.5. The van der Waals surface area contributed by atoms with Gasteiger partial charge in [0, 0.05) is 23.3 Å². The van der Waals surface area contributed by atoms with Gasteiger partial charge in [-0.2, -0.15) is 0 Å². The molecule has 0 fully saturated rings. The van der Waals surface area contributed by atoms with Gasteiger partial charge in [0.1, 0.15) is 0 Å². The number of carbonyl (C=O) groups is 1. The first kappa shape index (κ1) is 19.1. The molecule has 4 rings (SSSR count). The summed E-state index contributed by atoms with van der Waals surface area (Å²) in [6.07, 6.45) is -0.479. The molecule has 0 aliphatic rings. The predicted octanol–water partition coefficient (Wildman–Crippen LogP) is 6.34. The maximum Gasteiger partial charge on any atom is 0.303 e. The summed E-state index contributed by atoms with van der Waals surface area (Å²) in [6, 6.07) is 24.5. The molecule has 0 amide bonds. The maximum absolute atomic E-state index is 11.9. The highest BCUT2D eigenvalue weighted by Crippen LogP contribution is 2.34. The number of benzene rings is 3. The summed E-state index contributed by atoms with van der Waals surface area (Å²) in [6.45, 7) is 8.02. The predicted molar refractivity (Wildman–Crippen MR) is 118 cm³/mol. The Hall–Kier alpha value is -3.20. The van der Waals surface area contributed by atoms with E-state index in [2.05, 4.69) is 57.2 Å². The first-order chi connectivity index (χ1) is 13.8. The lowest BCUT2D eigenvalue weighted by atomic mass is 9.86. The first-order valence-electron chi connectivity index (χ1n) is 9.89. The number of rotatable bonds is 3. The van der Waals surface area contributed by atoms with Crippen molar-refractivity contribution in [2.75, 3.05) is 0 Å². The van der Waals surface area contributed by atoms with Crippen LogP contribution in [-0.2, 0) is 14.9 Å². The van der Waals surface area contributed by atoms with Gasteiger partial charge in [0.05, 0.1) is 11.0 Å². The van der Waals surface area contributed by atoms with Crippen LogP contribution < -0.4 is 0 Å². The molecule has 1 atom stereocenters. The SMILES string of the molecule is CC(=O)OC(c1ccc(C(C)(C)C)cc1)c1cccc2nc3ccccc3cc12. The van der Waals surface area contributed by atoms with Crippen LogP contribution in [-0.4, -0.2) is 11.0 Å². The monoisotopic (exact) mass is 383 g/mol. The molecule has 0 spiro atoms. The second-order valence-corrected chi connectivity index (χ2v) is 8.46. The summed E-state index contributed by atoms with van der Waals surface area (Å²) in [5, 5.41) is 2.06. The van der Waals surface area contributed by atoms with E-state index in [-0.39, 0.29) is 11.4 Å². The highest BCUT2D eigenvalue weighted by molar-refractivity contribution is 5.94. The minimum absolute atomic E-state index is 0.0672. The molecular formula is C26H25NO2. The quantitative estimate of drug-likeness (QED) is 0.306. The van der Waals surface area contributed by atoms with E-state index >= 15 is 0 Å². The minimum Gasteiger partial charge on any atom is -0.453 e. The van der Waals surface area contributed by atoms with E-state index in [0.717, 1.165) is 32.9 Å². The standard InChI is InChI=1S/C26H25NO2/c1-17(28)29-25(18-12-14-20(15-13-18)26(2,3)4)21-9-7-11-24-22(21)16-19-8-5-6-10-23(19)27-24/h5-16,25H,1-4H3. The molecule has 1 heterocycles. The van der Waals surface area contributed by atoms with Crippen molar-refractivity contribution >= 4 is 27.8 Å². The van der Waals surface area contributed by atoms with E-state index in [0.29, 0.717) is 0 Å². The Morgan fingerprint density at radius 2 is 1.59 bits per heavy atom. The molecule has 1 unspecified atom stereocenters. The summed E-state index contributed by atoms with van der Waals surface area (Å²) in [7, 11) is 0. The summed E-state index contributed by atoms with van der Waals surface area (Å²) >= 11 is 0. The lowest BCUT2D eigenvalue weighted by Crippen LogP contribution is -2.13. The van der Waals surface area contributed by atoms with Crippen molar-refractivity contribution in [2.24, 2.45) is 0 Å². The molecule has 1 aromatic heterocycles. The fraction of sp³-hybridized carbons (Fsp3) is 0.231. The van der Waals surface area contributed by atoms with E-state index in [9.17, 15) is 4.79 Å². The van der Waals surface area contributed by atoms with Gasteiger partial charge in [-0.25, -0.2) is 4.98 Å². The summed E-state index contributed by atoms with van der Waals surface area (Å²) in [5.74, 6) is -0.305. The van der Waals surface area contributed by atoms with Crippen LogP contribution >= 0.6 is 0 Å². The molecule has 0 aliphatic carbocycles. The molecule has 4 aromatic rings. The van der Waals surface area contributed by atoms with E-state index in [1.165, 1.54) is 12.5 Å². The number of para-hydroxylation sites is 1. The zero-order chi connectivity index (χ0) is 20.6. The molecule has 0 aliphatic heterocycles. The average Bonchev–Trinajstić information content (AvgIpc) is 2.69. The number of hydrogen-bond donors (Lipinski definition) is 0. The largest absolute Gasteiger partial charge is 0.453 e. The van der Waals surface area contributed by atoms with Crippen LogP contribution in [0.1, 0.15) is 50.5 Å². The number of fused-ring (bicyclic) bond motifs is 2. The number of hydrogen-bond acceptors (Lipinski definition) is 3. The van der Waals surface area contributed by atoms with E-state index in [1.807, 2.05) is 36.4 Å². The third-order valence-electron chi connectivity index (χ3n) is 5.24. The Morgan fingerprint density at radius 1 is 0.897 bits per heavy atom. The van der Waals surface area contributed by atoms with Crippen LogP contribution in [0.5, 0.6) is 0 Å². The third kappa shape index (κ3) is 3.86. The fourth-order valence-electron chi connectivity index (χ4n) is 3.69. The molecule has 0 N–H and O–H groups in total. The lowest BCUT2D eigenvalue weighted by Gasteiger charge is -2.23. The zero-order valence-electron chi connectivity index (χ0n) is 17.3. The number of ether oxygens (including phenoxy) is 1. The van der Waals surface area contributed by atoms with Gasteiger partial charge in [-0.3, -0.25) is 4.79 Å². The van der Waals surface area contributed by atoms with E-state index in [1.54, 1.807) is 0 Å². The average molecular weight is 383 g/mol. The molecular weight excluding hydrogens is 358 g/mol. The third-order valence-corrected chi connectivity index (χ3v) is 5.24. The number of aromatic nitrogens is 1. The van der Waals surface area contributed by atoms with Crippen molar-refractivity contribution in [3.8, 4) is 0 Å². The van der Waals surface area contributed by atoms with Crippen LogP contribution in [0, 0.1) is 0 Å². The summed E-state index contributed by atoms with van der Waals surface area (Å²) < 4.78 is 5.80. The van der Waals surface area contributed by atoms with Gasteiger partial charge in [-0.15, -0.1) is 0 Å². The number of esters is 1. The zero-order valence-corrected chi connectivity index (χ0v) is 17.3. The molecule has 0 radical (unpaired) electrons. The van der Waals surface area contributed by atoms with Gasteiger partial charge in [0.2, 0.25) is 0 Å². The Kier molecular flexibility index (Phi) is 4.83.